The van der Waals surface area contributed by atoms with Gasteiger partial charge in [-0.25, -0.2) is 0 Å². The predicted octanol–water partition coefficient (Wildman–Crippen LogP) is 9.48. The Bertz CT molecular complexity index is 1800. The maximum absolute atomic E-state index is 13.1. The van der Waals surface area contributed by atoms with Crippen LogP contribution in [0.25, 0.3) is 11.1 Å². The Balaban J connectivity index is 0.000000212. The summed E-state index contributed by atoms with van der Waals surface area (Å²) in [5.74, 6) is 0.748. The number of carbonyl (C=O) groups excluding carboxylic acids is 2. The van der Waals surface area contributed by atoms with Crippen LogP contribution < -0.4 is 10.6 Å². The molecule has 2 saturated carbocycles. The second kappa shape index (κ2) is 18.2. The monoisotopic (exact) mass is 782 g/mol. The number of ether oxygens (including phenoxy) is 3. The fourth-order valence-electron chi connectivity index (χ4n) is 8.51. The standard InChI is InChI=1S/C21H27NO3S.C19H25NO2.C2H3ClOS/c1-5-15-12-13(2)11-14(3)16(15)17-18(25-20(26)24-4)21(22-19(17)23)9-7-6-8-10-21;1-4-14-11-12(2)10-13(3)15(14)16-17(21)19(20-18(16)22)8-6-5-7-9-19;1-4-2(3)5/h11-12H,5-10H2,1-4H3,(H,22,23);10-11,21H,4-9H2,1-3H3,(H,20,22);1H3. The van der Waals surface area contributed by atoms with Crippen molar-refractivity contribution in [1.82, 2.24) is 10.6 Å². The van der Waals surface area contributed by atoms with Gasteiger partial charge < -0.3 is 30.0 Å². The lowest BCUT2D eigenvalue weighted by Gasteiger charge is -2.35. The molecule has 2 fully saturated rings. The number of hydrogen-bond donors (Lipinski definition) is 3. The van der Waals surface area contributed by atoms with Crippen LogP contribution in [0.2, 0.25) is 0 Å². The van der Waals surface area contributed by atoms with Gasteiger partial charge in [0.2, 0.25) is 0 Å². The van der Waals surface area contributed by atoms with E-state index in [1.54, 1.807) is 0 Å². The van der Waals surface area contributed by atoms with Crippen molar-refractivity contribution in [3.05, 3.63) is 80.3 Å². The van der Waals surface area contributed by atoms with Crippen LogP contribution in [-0.4, -0.2) is 52.0 Å². The van der Waals surface area contributed by atoms with Crippen LogP contribution in [0, 0.1) is 27.7 Å². The molecule has 8 nitrogen and oxygen atoms in total. The molecule has 4 aliphatic rings. The highest BCUT2D eigenvalue weighted by Crippen LogP contribution is 2.45. The van der Waals surface area contributed by atoms with E-state index in [1.165, 1.54) is 38.2 Å². The van der Waals surface area contributed by atoms with E-state index in [1.807, 2.05) is 6.92 Å². The van der Waals surface area contributed by atoms with E-state index >= 15 is 0 Å². The molecule has 2 amide bonds. The Morgan fingerprint density at radius 2 is 1.13 bits per heavy atom. The molecule has 53 heavy (non-hydrogen) atoms. The van der Waals surface area contributed by atoms with Gasteiger partial charge >= 0.3 is 5.24 Å². The average molecular weight is 783 g/mol. The van der Waals surface area contributed by atoms with Crippen molar-refractivity contribution in [2.45, 2.75) is 130 Å². The van der Waals surface area contributed by atoms with Gasteiger partial charge in [-0.2, -0.15) is 0 Å². The van der Waals surface area contributed by atoms with Crippen molar-refractivity contribution in [3.8, 4) is 0 Å². The van der Waals surface area contributed by atoms with Crippen LogP contribution in [0.5, 0.6) is 0 Å². The summed E-state index contributed by atoms with van der Waals surface area (Å²) in [4.78, 5) is 25.7. The summed E-state index contributed by atoms with van der Waals surface area (Å²) in [5, 5.41) is 17.3. The first-order valence-corrected chi connectivity index (χ1v) is 19.9. The number of halogens is 1. The minimum absolute atomic E-state index is 0.0572. The van der Waals surface area contributed by atoms with E-state index in [2.05, 4.69) is 86.5 Å². The van der Waals surface area contributed by atoms with Crippen molar-refractivity contribution in [1.29, 1.82) is 0 Å². The van der Waals surface area contributed by atoms with Gasteiger partial charge in [-0.1, -0.05) is 87.8 Å². The zero-order valence-corrected chi connectivity index (χ0v) is 34.9. The summed E-state index contributed by atoms with van der Waals surface area (Å²) in [6, 6.07) is 8.49. The summed E-state index contributed by atoms with van der Waals surface area (Å²) < 4.78 is 15.4. The van der Waals surface area contributed by atoms with Gasteiger partial charge in [-0.05, 0) is 123 Å². The molecule has 2 aromatic rings. The molecule has 2 heterocycles. The van der Waals surface area contributed by atoms with Gasteiger partial charge in [0.15, 0.2) is 0 Å². The molecule has 2 aliphatic carbocycles. The average Bonchev–Trinajstić information content (AvgIpc) is 3.51. The van der Waals surface area contributed by atoms with Gasteiger partial charge in [0, 0.05) is 12.2 Å². The number of carbonyl (C=O) groups is 2. The minimum Gasteiger partial charge on any atom is -0.509 e. The van der Waals surface area contributed by atoms with Crippen molar-refractivity contribution in [2.24, 2.45) is 0 Å². The van der Waals surface area contributed by atoms with E-state index in [0.717, 1.165) is 97.6 Å². The highest BCUT2D eigenvalue weighted by molar-refractivity contribution is 7.82. The molecule has 2 aromatic carbocycles. The molecule has 288 valence electrons. The quantitative estimate of drug-likeness (QED) is 0.204. The number of aliphatic hydroxyl groups excluding tert-OH is 1. The Hall–Kier alpha value is -3.47. The highest BCUT2D eigenvalue weighted by atomic mass is 35.5. The van der Waals surface area contributed by atoms with Crippen molar-refractivity contribution >= 4 is 68.7 Å². The van der Waals surface area contributed by atoms with E-state index in [-0.39, 0.29) is 27.3 Å². The van der Waals surface area contributed by atoms with Gasteiger partial charge in [0.05, 0.1) is 36.4 Å². The number of methoxy groups -OCH3 is 2. The predicted molar refractivity (Wildman–Crippen MR) is 221 cm³/mol. The molecular formula is C42H55ClN2O6S2. The van der Waals surface area contributed by atoms with Gasteiger partial charge in [-0.15, -0.1) is 0 Å². The molecule has 0 aromatic heterocycles. The molecule has 0 radical (unpaired) electrons. The van der Waals surface area contributed by atoms with E-state index in [4.69, 9.17) is 33.3 Å². The third-order valence-corrected chi connectivity index (χ3v) is 11.4. The number of hydrogen-bond acceptors (Lipinski definition) is 8. The second-order valence-electron chi connectivity index (χ2n) is 14.6. The zero-order valence-electron chi connectivity index (χ0n) is 32.5. The normalized spacial score (nSPS) is 18.4. The van der Waals surface area contributed by atoms with Crippen LogP contribution in [0.15, 0.2) is 35.8 Å². The fraction of sp³-hybridized carbons (Fsp3) is 0.524. The lowest BCUT2D eigenvalue weighted by atomic mass is 9.80. The second-order valence-corrected chi connectivity index (χ2v) is 15.8. The topological polar surface area (TPSA) is 106 Å². The zero-order chi connectivity index (χ0) is 39.1. The molecule has 0 bridgehead atoms. The number of rotatable bonds is 5. The van der Waals surface area contributed by atoms with Gasteiger partial charge in [0.1, 0.15) is 11.5 Å². The third-order valence-electron chi connectivity index (χ3n) is 10.8. The van der Waals surface area contributed by atoms with Crippen LogP contribution >= 0.6 is 36.0 Å². The Morgan fingerprint density at radius 3 is 1.57 bits per heavy atom. The molecule has 0 atom stereocenters. The molecule has 2 spiro atoms. The summed E-state index contributed by atoms with van der Waals surface area (Å²) >= 11 is 14.4. The summed E-state index contributed by atoms with van der Waals surface area (Å²) in [7, 11) is 2.92. The van der Waals surface area contributed by atoms with Crippen LogP contribution in [0.3, 0.4) is 0 Å². The molecule has 2 aliphatic heterocycles. The van der Waals surface area contributed by atoms with Gasteiger partial charge in [-0.3, -0.25) is 9.59 Å². The van der Waals surface area contributed by atoms with Crippen LogP contribution in [0.1, 0.15) is 123 Å². The number of amides is 2. The molecule has 3 N–H and O–H groups in total. The number of benzene rings is 2. The van der Waals surface area contributed by atoms with E-state index < -0.39 is 11.1 Å². The molecule has 6 rings (SSSR count). The molecular weight excluding hydrogens is 728 g/mol. The van der Waals surface area contributed by atoms with Crippen molar-refractivity contribution in [2.75, 3.05) is 14.2 Å². The fourth-order valence-corrected chi connectivity index (χ4v) is 8.59. The van der Waals surface area contributed by atoms with Gasteiger partial charge in [0.25, 0.3) is 16.3 Å². The first-order valence-electron chi connectivity index (χ1n) is 18.7. The number of aryl methyl sites for hydroxylation is 6. The highest BCUT2D eigenvalue weighted by Gasteiger charge is 2.49. The minimum atomic E-state index is -0.507. The lowest BCUT2D eigenvalue weighted by Crippen LogP contribution is -2.46. The van der Waals surface area contributed by atoms with Crippen LogP contribution in [-0.2, 0) is 36.6 Å². The molecule has 11 heteroatoms. The molecule has 0 saturated heterocycles. The first kappa shape index (κ1) is 42.3. The Morgan fingerprint density at radius 1 is 0.717 bits per heavy atom. The first-order chi connectivity index (χ1) is 25.2. The van der Waals surface area contributed by atoms with Crippen LogP contribution in [0.4, 0.5) is 0 Å². The largest absolute Gasteiger partial charge is 0.509 e. The molecule has 0 unspecified atom stereocenters. The lowest BCUT2D eigenvalue weighted by molar-refractivity contribution is -0.117. The summed E-state index contributed by atoms with van der Waals surface area (Å²) in [6.45, 7) is 12.4. The van der Waals surface area contributed by atoms with E-state index in [9.17, 15) is 14.7 Å². The summed E-state index contributed by atoms with van der Waals surface area (Å²) in [5.41, 5.74) is 8.93. The van der Waals surface area contributed by atoms with Crippen molar-refractivity contribution < 1.29 is 28.9 Å². The summed E-state index contributed by atoms with van der Waals surface area (Å²) in [6.07, 6.45) is 11.8. The third kappa shape index (κ3) is 9.26. The smallest absolute Gasteiger partial charge is 0.357 e. The Labute approximate surface area is 331 Å². The number of nitrogens with one attached hydrogen (secondary N) is 2. The maximum atomic E-state index is 13.1. The SMILES string of the molecule is CCc1cc(C)cc(C)c1C1=C(O)C2(CCCCC2)NC1=O.CCc1cc(C)cc(C)c1C1=C(OC(=S)OC)C2(CCCCC2)NC1=O.COC(=S)Cl. The Kier molecular flexibility index (Phi) is 14.5. The van der Waals surface area contributed by atoms with E-state index in [0.29, 0.717) is 16.9 Å². The maximum Gasteiger partial charge on any atom is 0.357 e. The van der Waals surface area contributed by atoms with Crippen molar-refractivity contribution in [3.63, 3.8) is 0 Å². The number of thiocarbonyl (C=S) groups is 2. The number of aliphatic hydroxyl groups is 1.